The van der Waals surface area contributed by atoms with Crippen LogP contribution in [-0.2, 0) is 4.79 Å². The number of ketones is 1. The fraction of sp³-hybridized carbons (Fsp3) is 0.308. The average Bonchev–Trinajstić information content (AvgIpc) is 3.74. The van der Waals surface area contributed by atoms with E-state index < -0.39 is 24.7 Å². The molecule has 0 aromatic heterocycles. The van der Waals surface area contributed by atoms with E-state index in [2.05, 4.69) is 31.9 Å². The number of carbonyl (C=O) groups excluding carboxylic acids is 3. The van der Waals surface area contributed by atoms with E-state index in [4.69, 9.17) is 9.47 Å². The van der Waals surface area contributed by atoms with Crippen molar-refractivity contribution in [2.24, 2.45) is 11.8 Å². The van der Waals surface area contributed by atoms with Crippen molar-refractivity contribution in [3.05, 3.63) is 128 Å². The lowest BCUT2D eigenvalue weighted by molar-refractivity contribution is -0.115. The van der Waals surface area contributed by atoms with Crippen molar-refractivity contribution >= 4 is 49.5 Å². The quantitative estimate of drug-likeness (QED) is 0.218. The van der Waals surface area contributed by atoms with Crippen LogP contribution < -0.4 is 9.47 Å². The van der Waals surface area contributed by atoms with Crippen LogP contribution in [0.25, 0.3) is 0 Å². The number of aliphatic hydroxyl groups is 2. The third-order valence-corrected chi connectivity index (χ3v) is 10.2. The highest BCUT2D eigenvalue weighted by Crippen LogP contribution is 2.46. The van der Waals surface area contributed by atoms with E-state index in [0.29, 0.717) is 35.7 Å². The van der Waals surface area contributed by atoms with Gasteiger partial charge in [-0.25, -0.2) is 0 Å². The topological polar surface area (TPSA) is 117 Å². The number of halogens is 2. The number of benzene rings is 4. The first-order chi connectivity index (χ1) is 24.0. The summed E-state index contributed by atoms with van der Waals surface area (Å²) in [6.45, 7) is 4.24. The highest BCUT2D eigenvalue weighted by Gasteiger charge is 2.48. The second-order valence-electron chi connectivity index (χ2n) is 12.8. The maximum atomic E-state index is 12.7. The summed E-state index contributed by atoms with van der Waals surface area (Å²) in [5.41, 5.74) is 2.87. The zero-order valence-electron chi connectivity index (χ0n) is 27.6. The molecule has 9 nitrogen and oxygen atoms in total. The van der Waals surface area contributed by atoms with E-state index in [-0.39, 0.29) is 29.4 Å². The average molecular weight is 807 g/mol. The van der Waals surface area contributed by atoms with Crippen LogP contribution in [0, 0.1) is 11.8 Å². The van der Waals surface area contributed by atoms with Gasteiger partial charge in [0.15, 0.2) is 12.5 Å². The van der Waals surface area contributed by atoms with Gasteiger partial charge in [0.2, 0.25) is 0 Å². The van der Waals surface area contributed by atoms with Crippen molar-refractivity contribution in [1.82, 2.24) is 9.80 Å². The van der Waals surface area contributed by atoms with Gasteiger partial charge in [-0.15, -0.1) is 0 Å². The molecule has 0 aliphatic carbocycles. The lowest BCUT2D eigenvalue weighted by Gasteiger charge is -2.36. The maximum Gasteiger partial charge on any atom is 0.256 e. The molecule has 4 aliphatic rings. The summed E-state index contributed by atoms with van der Waals surface area (Å²) in [5, 5.41) is 21.4. The Balaban J connectivity index is 0.000000156. The normalized spacial score (nSPS) is 24.0. The van der Waals surface area contributed by atoms with E-state index in [0.717, 1.165) is 32.9 Å². The van der Waals surface area contributed by atoms with Crippen molar-refractivity contribution in [3.63, 3.8) is 0 Å². The van der Waals surface area contributed by atoms with E-state index in [1.807, 2.05) is 72.8 Å². The van der Waals surface area contributed by atoms with Gasteiger partial charge in [0.1, 0.15) is 17.3 Å². The molecule has 2 fully saturated rings. The van der Waals surface area contributed by atoms with Crippen LogP contribution in [0.5, 0.6) is 11.5 Å². The molecule has 6 atom stereocenters. The molecule has 8 rings (SSSR count). The molecule has 0 unspecified atom stereocenters. The fourth-order valence-corrected chi connectivity index (χ4v) is 7.63. The highest BCUT2D eigenvalue weighted by atomic mass is 79.9. The SMILES string of the molecule is CC(C)=O.O=C(c1ccccc1)N1CC[C@@H]2[C@@H](O)c3cc(Br)ccc3O[C@@H]21.O=C(c1ccccc1)N1CC[C@@H]2[C@@H](O)c3cc(Br)ccc3O[C@@H]21. The molecule has 4 heterocycles. The zero-order chi connectivity index (χ0) is 35.5. The third kappa shape index (κ3) is 7.51. The lowest BCUT2D eigenvalue weighted by Crippen LogP contribution is -2.45. The van der Waals surface area contributed by atoms with Gasteiger partial charge >= 0.3 is 0 Å². The highest BCUT2D eigenvalue weighted by molar-refractivity contribution is 9.10. The number of nitrogens with zero attached hydrogens (tertiary/aromatic N) is 2. The summed E-state index contributed by atoms with van der Waals surface area (Å²) < 4.78 is 13.9. The fourth-order valence-electron chi connectivity index (χ4n) is 6.87. The van der Waals surface area contributed by atoms with Gasteiger partial charge in [-0.2, -0.15) is 0 Å². The number of hydrogen-bond donors (Lipinski definition) is 2. The Kier molecular flexibility index (Phi) is 11.1. The Morgan fingerprint density at radius 1 is 0.620 bits per heavy atom. The molecule has 0 radical (unpaired) electrons. The molecule has 4 aliphatic heterocycles. The van der Waals surface area contributed by atoms with Gasteiger partial charge < -0.3 is 34.3 Å². The number of fused-ring (bicyclic) bond motifs is 4. The van der Waals surface area contributed by atoms with Crippen LogP contribution >= 0.6 is 31.9 Å². The minimum absolute atomic E-state index is 0.0501. The number of aliphatic hydroxyl groups excluding tert-OH is 2. The molecule has 2 N–H and O–H groups in total. The molecule has 50 heavy (non-hydrogen) atoms. The largest absolute Gasteiger partial charge is 0.470 e. The standard InChI is InChI=1S/2C18H16BrNO3.C3H6O/c2*19-12-6-7-15-14(10-12)16(21)13-8-9-20(18(13)23-15)17(22)11-4-2-1-3-5-11;1-3(2)4/h2*1-7,10,13,16,18,21H,8-9H2;1-2H3/t2*13-,16-,18+;/m11./s1. The Morgan fingerprint density at radius 2 is 0.980 bits per heavy atom. The molecule has 4 aromatic carbocycles. The minimum Gasteiger partial charge on any atom is -0.470 e. The summed E-state index contributed by atoms with van der Waals surface area (Å²) in [6, 6.07) is 29.6. The monoisotopic (exact) mass is 804 g/mol. The number of ether oxygens (including phenoxy) is 2. The molecular formula is C39H38Br2N2O7. The van der Waals surface area contributed by atoms with Crippen molar-refractivity contribution in [2.75, 3.05) is 13.1 Å². The second-order valence-corrected chi connectivity index (χ2v) is 14.6. The molecule has 2 saturated heterocycles. The first-order valence-corrected chi connectivity index (χ1v) is 18.1. The van der Waals surface area contributed by atoms with E-state index in [1.54, 1.807) is 34.1 Å². The first kappa shape index (κ1) is 35.8. The van der Waals surface area contributed by atoms with E-state index >= 15 is 0 Å². The van der Waals surface area contributed by atoms with Crippen molar-refractivity contribution < 1.29 is 34.1 Å². The smallest absolute Gasteiger partial charge is 0.256 e. The summed E-state index contributed by atoms with van der Waals surface area (Å²) in [5.74, 6) is 1.18. The Hall–Kier alpha value is -4.03. The Bertz CT molecular complexity index is 1730. The van der Waals surface area contributed by atoms with E-state index in [9.17, 15) is 24.6 Å². The van der Waals surface area contributed by atoms with Crippen LogP contribution in [0.1, 0.15) is 70.7 Å². The number of carbonyl (C=O) groups is 3. The number of rotatable bonds is 2. The summed E-state index contributed by atoms with van der Waals surface area (Å²) in [4.78, 5) is 38.4. The van der Waals surface area contributed by atoms with Gasteiger partial charge in [-0.3, -0.25) is 9.59 Å². The molecule has 0 saturated carbocycles. The number of Topliss-reactive ketones (excluding diaryl/α,β-unsaturated/α-hetero) is 1. The number of likely N-dealkylation sites (tertiary alicyclic amines) is 2. The van der Waals surface area contributed by atoms with Crippen molar-refractivity contribution in [1.29, 1.82) is 0 Å². The molecule has 4 aromatic rings. The zero-order valence-corrected chi connectivity index (χ0v) is 30.8. The van der Waals surface area contributed by atoms with Crippen LogP contribution in [0.2, 0.25) is 0 Å². The molecule has 11 heteroatoms. The number of amides is 2. The predicted molar refractivity (Wildman–Crippen MR) is 195 cm³/mol. The van der Waals surface area contributed by atoms with E-state index in [1.165, 1.54) is 13.8 Å². The van der Waals surface area contributed by atoms with Gasteiger partial charge in [0.05, 0.1) is 12.2 Å². The molecule has 260 valence electrons. The predicted octanol–water partition coefficient (Wildman–Crippen LogP) is 7.32. The van der Waals surface area contributed by atoms with Gasteiger partial charge in [0, 0.05) is 56.1 Å². The minimum atomic E-state index is -0.616. The molecule has 0 spiro atoms. The Morgan fingerprint density at radius 3 is 1.34 bits per heavy atom. The molecular weight excluding hydrogens is 768 g/mol. The maximum absolute atomic E-state index is 12.7. The van der Waals surface area contributed by atoms with Crippen LogP contribution in [0.15, 0.2) is 106 Å². The Labute approximate surface area is 308 Å². The first-order valence-electron chi connectivity index (χ1n) is 16.5. The van der Waals surface area contributed by atoms with Gasteiger partial charge in [0.25, 0.3) is 11.8 Å². The lowest BCUT2D eigenvalue weighted by atomic mass is 9.91. The summed E-state index contributed by atoms with van der Waals surface area (Å²) >= 11 is 6.85. The molecule has 0 bridgehead atoms. The number of hydrogen-bond acceptors (Lipinski definition) is 7. The summed E-state index contributed by atoms with van der Waals surface area (Å²) in [6.07, 6.45) is -0.588. The van der Waals surface area contributed by atoms with Crippen LogP contribution in [0.3, 0.4) is 0 Å². The van der Waals surface area contributed by atoms with Gasteiger partial charge in [-0.05, 0) is 87.4 Å². The second kappa shape index (κ2) is 15.5. The van der Waals surface area contributed by atoms with Gasteiger partial charge in [-0.1, -0.05) is 68.3 Å². The third-order valence-electron chi connectivity index (χ3n) is 9.20. The van der Waals surface area contributed by atoms with Crippen LogP contribution in [0.4, 0.5) is 0 Å². The summed E-state index contributed by atoms with van der Waals surface area (Å²) in [7, 11) is 0. The van der Waals surface area contributed by atoms with Crippen molar-refractivity contribution in [3.8, 4) is 11.5 Å². The van der Waals surface area contributed by atoms with Crippen molar-refractivity contribution in [2.45, 2.75) is 51.4 Å². The molecule has 2 amide bonds. The van der Waals surface area contributed by atoms with Crippen LogP contribution in [-0.4, -0.2) is 63.2 Å².